The molecule has 1 aromatic rings. The minimum Gasteiger partial charge on any atom is -0.473 e. The van der Waals surface area contributed by atoms with Crippen LogP contribution in [0, 0.1) is 5.92 Å². The molecule has 2 N–H and O–H groups in total. The zero-order valence-electron chi connectivity index (χ0n) is 9.81. The Hall–Kier alpha value is -1.74. The molecule has 3 unspecified atom stereocenters. The average Bonchev–Trinajstić information content (AvgIpc) is 3.04. The van der Waals surface area contributed by atoms with Gasteiger partial charge in [-0.05, 0) is 35.7 Å². The van der Waals surface area contributed by atoms with Gasteiger partial charge in [0.25, 0.3) is 5.28 Å². The van der Waals surface area contributed by atoms with Gasteiger partial charge in [-0.2, -0.15) is 4.80 Å². The SMILES string of the molecule is Clc1nnn(C2CN3CCC2C3)n1.O=C(O)C(=O)O. The standard InChI is InChI=1S/C7H10ClN5.C2H2O4/c8-7-9-11-13(10-7)6-4-12-2-1-5(6)3-12;3-1(4)2(5)6/h5-6H,1-4H2;(H,3,4)(H,5,6). The number of carbonyl (C=O) groups is 2. The summed E-state index contributed by atoms with van der Waals surface area (Å²) < 4.78 is 0. The molecule has 2 aliphatic rings. The zero-order valence-corrected chi connectivity index (χ0v) is 10.6. The Bertz CT molecular complexity index is 481. The summed E-state index contributed by atoms with van der Waals surface area (Å²) in [5.74, 6) is -2.95. The molecule has 2 saturated heterocycles. The van der Waals surface area contributed by atoms with Crippen molar-refractivity contribution in [3.63, 3.8) is 0 Å². The van der Waals surface area contributed by atoms with Crippen LogP contribution in [0.25, 0.3) is 0 Å². The van der Waals surface area contributed by atoms with Gasteiger partial charge in [0.05, 0.1) is 6.04 Å². The summed E-state index contributed by atoms with van der Waals surface area (Å²) in [6.45, 7) is 3.46. The van der Waals surface area contributed by atoms with Crippen LogP contribution in [0.5, 0.6) is 0 Å². The molecule has 0 aliphatic carbocycles. The van der Waals surface area contributed by atoms with Gasteiger partial charge in [0.2, 0.25) is 0 Å². The minimum atomic E-state index is -1.82. The Labute approximate surface area is 112 Å². The number of carboxylic acids is 2. The minimum absolute atomic E-state index is 0.248. The Balaban J connectivity index is 0.000000192. The fourth-order valence-electron chi connectivity index (χ4n) is 2.37. The number of hydrogen-bond acceptors (Lipinski definition) is 6. The zero-order chi connectivity index (χ0) is 14.0. The van der Waals surface area contributed by atoms with Crippen molar-refractivity contribution < 1.29 is 19.8 Å². The van der Waals surface area contributed by atoms with Crippen molar-refractivity contribution in [2.24, 2.45) is 5.92 Å². The van der Waals surface area contributed by atoms with E-state index in [1.54, 1.807) is 4.80 Å². The number of hydrogen-bond donors (Lipinski definition) is 2. The molecular weight excluding hydrogens is 278 g/mol. The quantitative estimate of drug-likeness (QED) is 0.655. The van der Waals surface area contributed by atoms with E-state index in [1.165, 1.54) is 19.5 Å². The van der Waals surface area contributed by atoms with E-state index in [1.807, 2.05) is 0 Å². The molecule has 3 atom stereocenters. The number of halogens is 1. The molecular formula is C9H12ClN5O4. The van der Waals surface area contributed by atoms with E-state index in [-0.39, 0.29) is 5.28 Å². The van der Waals surface area contributed by atoms with Crippen LogP contribution in [0.1, 0.15) is 12.5 Å². The Kier molecular flexibility index (Phi) is 3.96. The summed E-state index contributed by atoms with van der Waals surface area (Å²) >= 11 is 5.62. The second-order valence-corrected chi connectivity index (χ2v) is 4.70. The molecule has 2 aliphatic heterocycles. The Morgan fingerprint density at radius 1 is 1.26 bits per heavy atom. The predicted molar refractivity (Wildman–Crippen MR) is 61.7 cm³/mol. The third-order valence-corrected chi connectivity index (χ3v) is 3.33. The molecule has 0 saturated carbocycles. The third-order valence-electron chi connectivity index (χ3n) is 3.18. The lowest BCUT2D eigenvalue weighted by Gasteiger charge is -2.20. The van der Waals surface area contributed by atoms with Gasteiger partial charge in [0.1, 0.15) is 0 Å². The number of fused-ring (bicyclic) bond motifs is 2. The summed E-state index contributed by atoms with van der Waals surface area (Å²) in [7, 11) is 0. The Morgan fingerprint density at radius 3 is 2.32 bits per heavy atom. The van der Waals surface area contributed by atoms with Crippen molar-refractivity contribution in [2.45, 2.75) is 12.5 Å². The summed E-state index contributed by atoms with van der Waals surface area (Å²) in [5, 5.41) is 26.7. The second kappa shape index (κ2) is 5.49. The lowest BCUT2D eigenvalue weighted by atomic mass is 10.0. The second-order valence-electron chi connectivity index (χ2n) is 4.36. The van der Waals surface area contributed by atoms with Gasteiger partial charge in [0.15, 0.2) is 0 Å². The van der Waals surface area contributed by atoms with Crippen LogP contribution in [0.15, 0.2) is 0 Å². The van der Waals surface area contributed by atoms with Crippen LogP contribution in [0.4, 0.5) is 0 Å². The van der Waals surface area contributed by atoms with E-state index in [0.29, 0.717) is 12.0 Å². The van der Waals surface area contributed by atoms with Gasteiger partial charge in [-0.15, -0.1) is 5.10 Å². The maximum atomic E-state index is 9.10. The highest BCUT2D eigenvalue weighted by Crippen LogP contribution is 2.35. The number of tetrazole rings is 1. The van der Waals surface area contributed by atoms with Crippen LogP contribution in [0.3, 0.4) is 0 Å². The van der Waals surface area contributed by atoms with E-state index in [9.17, 15) is 0 Å². The van der Waals surface area contributed by atoms with Gasteiger partial charge in [-0.3, -0.25) is 0 Å². The van der Waals surface area contributed by atoms with Crippen LogP contribution in [-0.2, 0) is 9.59 Å². The molecule has 1 aromatic heterocycles. The maximum absolute atomic E-state index is 9.10. The van der Waals surface area contributed by atoms with E-state index in [0.717, 1.165) is 6.54 Å². The maximum Gasteiger partial charge on any atom is 0.414 e. The van der Waals surface area contributed by atoms with Crippen LogP contribution in [0.2, 0.25) is 5.28 Å². The summed E-state index contributed by atoms with van der Waals surface area (Å²) in [4.78, 5) is 22.3. The third kappa shape index (κ3) is 3.18. The molecule has 3 rings (SSSR count). The van der Waals surface area contributed by atoms with Crippen LogP contribution < -0.4 is 0 Å². The number of aromatic nitrogens is 4. The van der Waals surface area contributed by atoms with Crippen molar-refractivity contribution >= 4 is 23.5 Å². The lowest BCUT2D eigenvalue weighted by molar-refractivity contribution is -0.159. The fraction of sp³-hybridized carbons (Fsp3) is 0.667. The van der Waals surface area contributed by atoms with E-state index >= 15 is 0 Å². The number of rotatable bonds is 1. The summed E-state index contributed by atoms with van der Waals surface area (Å²) in [5.41, 5.74) is 0. The highest BCUT2D eigenvalue weighted by atomic mass is 35.5. The van der Waals surface area contributed by atoms with Crippen molar-refractivity contribution in [3.8, 4) is 0 Å². The molecule has 0 radical (unpaired) electrons. The lowest BCUT2D eigenvalue weighted by Crippen LogP contribution is -2.27. The van der Waals surface area contributed by atoms with E-state index in [2.05, 4.69) is 20.3 Å². The highest BCUT2D eigenvalue weighted by Gasteiger charge is 2.40. The fourth-order valence-corrected chi connectivity index (χ4v) is 2.48. The summed E-state index contributed by atoms with van der Waals surface area (Å²) in [6.07, 6.45) is 1.25. The molecule has 2 fully saturated rings. The molecule has 19 heavy (non-hydrogen) atoms. The van der Waals surface area contributed by atoms with Crippen molar-refractivity contribution in [1.82, 2.24) is 25.1 Å². The smallest absolute Gasteiger partial charge is 0.414 e. The molecule has 2 bridgehead atoms. The van der Waals surface area contributed by atoms with Crippen molar-refractivity contribution in [2.75, 3.05) is 19.6 Å². The van der Waals surface area contributed by atoms with Gasteiger partial charge in [-0.1, -0.05) is 5.10 Å². The van der Waals surface area contributed by atoms with Gasteiger partial charge in [0, 0.05) is 13.1 Å². The first-order valence-corrected chi connectivity index (χ1v) is 5.98. The number of nitrogens with zero attached hydrogens (tertiary/aromatic N) is 5. The molecule has 0 aromatic carbocycles. The van der Waals surface area contributed by atoms with E-state index in [4.69, 9.17) is 31.4 Å². The first kappa shape index (κ1) is 13.7. The molecule has 0 amide bonds. The first-order valence-electron chi connectivity index (χ1n) is 5.61. The predicted octanol–water partition coefficient (Wildman–Crippen LogP) is -0.641. The molecule has 10 heteroatoms. The first-order chi connectivity index (χ1) is 8.97. The Morgan fingerprint density at radius 2 is 1.95 bits per heavy atom. The number of piperidine rings is 1. The van der Waals surface area contributed by atoms with Crippen molar-refractivity contribution in [3.05, 3.63) is 5.28 Å². The molecule has 3 heterocycles. The molecule has 0 spiro atoms. The van der Waals surface area contributed by atoms with E-state index < -0.39 is 11.9 Å². The monoisotopic (exact) mass is 289 g/mol. The normalized spacial score (nSPS) is 27.7. The highest BCUT2D eigenvalue weighted by molar-refractivity contribution is 6.28. The summed E-state index contributed by atoms with van der Waals surface area (Å²) in [6, 6.07) is 0.397. The molecule has 104 valence electrons. The van der Waals surface area contributed by atoms with Crippen LogP contribution in [-0.4, -0.2) is 66.9 Å². The number of aliphatic carboxylic acids is 2. The van der Waals surface area contributed by atoms with Gasteiger partial charge < -0.3 is 15.1 Å². The van der Waals surface area contributed by atoms with Crippen LogP contribution >= 0.6 is 11.6 Å². The average molecular weight is 290 g/mol. The topological polar surface area (TPSA) is 121 Å². The van der Waals surface area contributed by atoms with Gasteiger partial charge >= 0.3 is 11.9 Å². The number of carboxylic acid groups (broad SMARTS) is 2. The van der Waals surface area contributed by atoms with Crippen molar-refractivity contribution in [1.29, 1.82) is 0 Å². The molecule has 9 nitrogen and oxygen atoms in total. The largest absolute Gasteiger partial charge is 0.473 e. The van der Waals surface area contributed by atoms with Gasteiger partial charge in [-0.25, -0.2) is 9.59 Å².